The maximum absolute atomic E-state index is 14.0. The molecule has 0 spiro atoms. The molecular weight excluding hydrogens is 626 g/mol. The summed E-state index contributed by atoms with van der Waals surface area (Å²) in [4.78, 5) is 30.8. The summed E-state index contributed by atoms with van der Waals surface area (Å²) in [6.45, 7) is 6.28. The number of rotatable bonds is 19. The maximum atomic E-state index is 14.0. The van der Waals surface area contributed by atoms with E-state index in [1.54, 1.807) is 6.07 Å². The van der Waals surface area contributed by atoms with Gasteiger partial charge >= 0.3 is 5.97 Å². The predicted molar refractivity (Wildman–Crippen MR) is 178 cm³/mol. The minimum atomic E-state index is -3.85. The van der Waals surface area contributed by atoms with Gasteiger partial charge in [-0.1, -0.05) is 57.9 Å². The van der Waals surface area contributed by atoms with E-state index in [1.165, 1.54) is 18.5 Å². The number of carbonyl (C=O) groups excluding carboxylic acids is 2. The number of sulfone groups is 1. The Labute approximate surface area is 276 Å². The largest absolute Gasteiger partial charge is 0.458 e. The lowest BCUT2D eigenvalue weighted by molar-refractivity contribution is -0.151. The number of nitrogens with two attached hydrogens (primary N) is 1. The number of benzene rings is 2. The second-order valence-electron chi connectivity index (χ2n) is 11.7. The molecule has 0 fully saturated rings. The summed E-state index contributed by atoms with van der Waals surface area (Å²) in [5.41, 5.74) is 9.03. The van der Waals surface area contributed by atoms with E-state index in [0.717, 1.165) is 35.7 Å². The van der Waals surface area contributed by atoms with E-state index in [2.05, 4.69) is 15.6 Å². The molecule has 1 amide bonds. The van der Waals surface area contributed by atoms with Gasteiger partial charge < -0.3 is 21.1 Å². The maximum Gasteiger partial charge on any atom is 0.330 e. The van der Waals surface area contributed by atoms with E-state index >= 15 is 0 Å². The highest BCUT2D eigenvalue weighted by atomic mass is 32.2. The van der Waals surface area contributed by atoms with Crippen molar-refractivity contribution in [1.29, 1.82) is 0 Å². The molecule has 2 aromatic carbocycles. The van der Waals surface area contributed by atoms with Crippen LogP contribution in [0, 0.1) is 11.6 Å². The van der Waals surface area contributed by atoms with Crippen LogP contribution in [0.5, 0.6) is 0 Å². The first-order valence-electron chi connectivity index (χ1n) is 16.1. The predicted octanol–water partition coefficient (Wildman–Crippen LogP) is 4.68. The molecule has 1 heterocycles. The Balaban J connectivity index is 1.88. The van der Waals surface area contributed by atoms with Crippen LogP contribution in [0.2, 0.25) is 0 Å². The minimum Gasteiger partial charge on any atom is -0.458 e. The molecule has 0 aliphatic carbocycles. The molecule has 47 heavy (non-hydrogen) atoms. The third kappa shape index (κ3) is 12.1. The van der Waals surface area contributed by atoms with E-state index < -0.39 is 62.5 Å². The lowest BCUT2D eigenvalue weighted by atomic mass is 10.0. The first kappa shape index (κ1) is 37.7. The molecule has 3 atom stereocenters. The van der Waals surface area contributed by atoms with E-state index in [0.29, 0.717) is 32.2 Å². The molecule has 1 aromatic heterocycles. The Morgan fingerprint density at radius 1 is 0.936 bits per heavy atom. The van der Waals surface area contributed by atoms with Gasteiger partial charge in [0.2, 0.25) is 0 Å². The topological polar surface area (TPSA) is 140 Å². The number of pyridine rings is 1. The van der Waals surface area contributed by atoms with Gasteiger partial charge in [0.15, 0.2) is 9.84 Å². The van der Waals surface area contributed by atoms with Crippen LogP contribution in [0.4, 0.5) is 8.78 Å². The van der Waals surface area contributed by atoms with Crippen molar-refractivity contribution in [2.24, 2.45) is 5.73 Å². The molecule has 4 N–H and O–H groups in total. The van der Waals surface area contributed by atoms with Crippen LogP contribution < -0.4 is 16.4 Å². The molecule has 3 rings (SSSR count). The van der Waals surface area contributed by atoms with Crippen molar-refractivity contribution >= 4 is 21.7 Å². The van der Waals surface area contributed by atoms with Crippen molar-refractivity contribution in [2.45, 2.75) is 89.3 Å². The Bertz CT molecular complexity index is 1530. The van der Waals surface area contributed by atoms with Crippen LogP contribution in [-0.4, -0.2) is 61.0 Å². The second-order valence-corrected chi connectivity index (χ2v) is 14.0. The van der Waals surface area contributed by atoms with E-state index in [1.807, 2.05) is 45.0 Å². The number of halogens is 2. The fraction of sp³-hybridized carbons (Fsp3) is 0.457. The molecule has 0 aliphatic heterocycles. The van der Waals surface area contributed by atoms with Crippen molar-refractivity contribution in [3.63, 3.8) is 0 Å². The van der Waals surface area contributed by atoms with Crippen LogP contribution in [-0.2, 0) is 38.8 Å². The van der Waals surface area contributed by atoms with E-state index in [4.69, 9.17) is 10.5 Å². The van der Waals surface area contributed by atoms with Gasteiger partial charge in [0.1, 0.15) is 23.8 Å². The molecule has 0 radical (unpaired) electrons. The van der Waals surface area contributed by atoms with Gasteiger partial charge in [-0.3, -0.25) is 9.78 Å². The lowest BCUT2D eigenvalue weighted by Gasteiger charge is -2.28. The molecule has 0 saturated carbocycles. The monoisotopic (exact) mass is 672 g/mol. The number of ether oxygens (including phenoxy) is 1. The summed E-state index contributed by atoms with van der Waals surface area (Å²) in [6.07, 6.45) is 4.63. The standard InChI is InChI=1S/C35H46F2N4O5S/c1-4-9-30(10-5-2)47(44,45)23-32(41-34(42)27-13-8-14-39-21-27)35(43)46-33(22-40-20-25-12-7-11-24(6-3)15-25)31(38)18-26-16-28(36)19-29(37)17-26/h7-8,11-17,19,21,30-33,40H,4-6,9-10,18,20,22-23,38H2,1-3H3,(H,41,42)/t31?,32-,33-/m1/s1. The summed E-state index contributed by atoms with van der Waals surface area (Å²) >= 11 is 0. The van der Waals surface area contributed by atoms with Crippen molar-refractivity contribution in [3.05, 3.63) is 101 Å². The summed E-state index contributed by atoms with van der Waals surface area (Å²) in [5.74, 6) is -3.89. The average molecular weight is 673 g/mol. The van der Waals surface area contributed by atoms with E-state index in [9.17, 15) is 26.8 Å². The van der Waals surface area contributed by atoms with Crippen molar-refractivity contribution in [2.75, 3.05) is 12.3 Å². The highest BCUT2D eigenvalue weighted by molar-refractivity contribution is 7.92. The average Bonchev–Trinajstić information content (AvgIpc) is 3.03. The first-order chi connectivity index (χ1) is 22.4. The summed E-state index contributed by atoms with van der Waals surface area (Å²) in [6, 6.07) is 11.5. The minimum absolute atomic E-state index is 0.0420. The summed E-state index contributed by atoms with van der Waals surface area (Å²) < 4.78 is 60.9. The second kappa shape index (κ2) is 18.6. The molecule has 3 aromatic rings. The Hall–Kier alpha value is -3.74. The number of hydrogen-bond acceptors (Lipinski definition) is 8. The first-order valence-corrected chi connectivity index (χ1v) is 17.8. The van der Waals surface area contributed by atoms with Gasteiger partial charge in [-0.2, -0.15) is 0 Å². The molecular formula is C35H46F2N4O5S. The quantitative estimate of drug-likeness (QED) is 0.156. The third-order valence-corrected chi connectivity index (χ3v) is 10.1. The number of hydrogen-bond donors (Lipinski definition) is 3. The molecule has 0 bridgehead atoms. The zero-order chi connectivity index (χ0) is 34.4. The van der Waals surface area contributed by atoms with Crippen LogP contribution in [0.25, 0.3) is 0 Å². The van der Waals surface area contributed by atoms with Gasteiger partial charge in [0.25, 0.3) is 5.91 Å². The number of nitrogens with one attached hydrogen (secondary N) is 2. The molecule has 256 valence electrons. The Morgan fingerprint density at radius 3 is 2.23 bits per heavy atom. The fourth-order valence-corrected chi connectivity index (χ4v) is 7.53. The number of carbonyl (C=O) groups is 2. The van der Waals surface area contributed by atoms with Gasteiger partial charge in [0.05, 0.1) is 16.6 Å². The number of aryl methyl sites for hydroxylation is 1. The SMILES string of the molecule is CCCC(CCC)S(=O)(=O)C[C@@H](NC(=O)c1cccnc1)C(=O)O[C@H](CNCc1cccc(CC)c1)C(N)Cc1cc(F)cc(F)c1. The normalized spacial score (nSPS) is 13.6. The zero-order valence-corrected chi connectivity index (χ0v) is 28.1. The van der Waals surface area contributed by atoms with Crippen molar-refractivity contribution in [3.8, 4) is 0 Å². The molecule has 1 unspecified atom stereocenters. The molecule has 0 saturated heterocycles. The Morgan fingerprint density at radius 2 is 1.62 bits per heavy atom. The van der Waals surface area contributed by atoms with Crippen LogP contribution >= 0.6 is 0 Å². The molecule has 12 heteroatoms. The van der Waals surface area contributed by atoms with Crippen molar-refractivity contribution < 1.29 is 31.5 Å². The molecule has 0 aliphatic rings. The third-order valence-electron chi connectivity index (χ3n) is 7.85. The summed E-state index contributed by atoms with van der Waals surface area (Å²) in [5, 5.41) is 5.08. The van der Waals surface area contributed by atoms with E-state index in [-0.39, 0.29) is 24.1 Å². The van der Waals surface area contributed by atoms with Gasteiger partial charge in [-0.05, 0) is 66.6 Å². The number of esters is 1. The van der Waals surface area contributed by atoms with Gasteiger partial charge in [0, 0.05) is 37.6 Å². The summed E-state index contributed by atoms with van der Waals surface area (Å²) in [7, 11) is -3.85. The van der Waals surface area contributed by atoms with Crippen molar-refractivity contribution in [1.82, 2.24) is 15.6 Å². The fourth-order valence-electron chi connectivity index (χ4n) is 5.39. The highest BCUT2D eigenvalue weighted by Crippen LogP contribution is 2.19. The van der Waals surface area contributed by atoms with Crippen LogP contribution in [0.15, 0.2) is 67.0 Å². The van der Waals surface area contributed by atoms with Gasteiger partial charge in [-0.25, -0.2) is 22.0 Å². The van der Waals surface area contributed by atoms with Crippen LogP contribution in [0.3, 0.4) is 0 Å². The Kier molecular flexibility index (Phi) is 14.9. The smallest absolute Gasteiger partial charge is 0.330 e. The zero-order valence-electron chi connectivity index (χ0n) is 27.3. The lowest BCUT2D eigenvalue weighted by Crippen LogP contribution is -2.52. The van der Waals surface area contributed by atoms with Gasteiger partial charge in [-0.15, -0.1) is 0 Å². The highest BCUT2D eigenvalue weighted by Gasteiger charge is 2.35. The number of aromatic nitrogens is 1. The van der Waals surface area contributed by atoms with Crippen LogP contribution in [0.1, 0.15) is 73.5 Å². The number of amides is 1. The molecule has 9 nitrogen and oxygen atoms in total. The number of nitrogens with zero attached hydrogens (tertiary/aromatic N) is 1.